The number of rotatable bonds is 0. The fourth-order valence-electron chi connectivity index (χ4n) is 0. The van der Waals surface area contributed by atoms with Gasteiger partial charge in [0.05, 0.1) is 0 Å². The van der Waals surface area contributed by atoms with Crippen molar-refractivity contribution in [3.8, 4) is 0 Å². The summed E-state index contributed by atoms with van der Waals surface area (Å²) >= 11 is 7.12. The molecular weight excluding hydrogens is 420 g/mol. The van der Waals surface area contributed by atoms with E-state index in [9.17, 15) is 0 Å². The first-order chi connectivity index (χ1) is 6.61. The molecule has 0 unspecified atom stereocenters. The molecule has 0 radical (unpaired) electrons. The molecule has 101 valence electrons. The van der Waals surface area contributed by atoms with Crippen molar-refractivity contribution in [2.24, 2.45) is 0 Å². The quantitative estimate of drug-likeness (QED) is 0.415. The fraction of sp³-hybridized carbons (Fsp3) is 1.00. The Morgan fingerprint density at radius 3 is 0.533 bits per heavy atom. The van der Waals surface area contributed by atoms with E-state index in [0.29, 0.717) is 23.8 Å². The summed E-state index contributed by atoms with van der Waals surface area (Å²) in [5.74, 6) is 0. The third-order valence-corrected chi connectivity index (χ3v) is 0. The van der Waals surface area contributed by atoms with Crippen LogP contribution >= 0.6 is 52.1 Å². The Kier molecular flexibility index (Phi) is 44.9. The van der Waals surface area contributed by atoms with Gasteiger partial charge in [0, 0.05) is 0 Å². The summed E-state index contributed by atoms with van der Waals surface area (Å²) in [7, 11) is 1.14. The van der Waals surface area contributed by atoms with Gasteiger partial charge in [0.1, 0.15) is 0 Å². The van der Waals surface area contributed by atoms with E-state index >= 15 is 0 Å². The molecule has 0 aliphatic heterocycles. The zero-order valence-electron chi connectivity index (χ0n) is 11.4. The van der Waals surface area contributed by atoms with E-state index in [2.05, 4.69) is 88.3 Å². The first kappa shape index (κ1) is 26.3. The van der Waals surface area contributed by atoms with Gasteiger partial charge in [0.2, 0.25) is 0 Å². The van der Waals surface area contributed by atoms with Gasteiger partial charge in [-0.2, -0.15) is 0 Å². The second-order valence-corrected chi connectivity index (χ2v) is 17.4. The molecule has 0 aliphatic rings. The summed E-state index contributed by atoms with van der Waals surface area (Å²) in [5, 5.41) is 0. The van der Waals surface area contributed by atoms with Crippen molar-refractivity contribution in [2.75, 3.05) is 60.0 Å². The van der Waals surface area contributed by atoms with Gasteiger partial charge in [-0.05, 0) is 60.0 Å². The van der Waals surface area contributed by atoms with E-state index in [1.807, 2.05) is 0 Å². The van der Waals surface area contributed by atoms with Crippen LogP contribution in [0.2, 0.25) is 0 Å². The van der Waals surface area contributed by atoms with Crippen LogP contribution in [-0.2, 0) is 11.1 Å². The molecule has 6 heteroatoms. The molecule has 0 rings (SSSR count). The molecule has 0 spiro atoms. The van der Waals surface area contributed by atoms with Crippen LogP contribution < -0.4 is 0 Å². The Labute approximate surface area is 122 Å². The molecule has 0 saturated carbocycles. The monoisotopic (exact) mass is 445 g/mol. The van der Waals surface area contributed by atoms with Crippen LogP contribution in [0.5, 0.6) is 0 Å². The molecule has 0 nitrogen and oxygen atoms in total. The second-order valence-electron chi connectivity index (χ2n) is 4.07. The molecule has 0 amide bonds. The third-order valence-electron chi connectivity index (χ3n) is 0. The summed E-state index contributed by atoms with van der Waals surface area (Å²) in [4.78, 5) is 0. The summed E-state index contributed by atoms with van der Waals surface area (Å²) < 4.78 is 0. The number of halogens is 2. The number of hydrogen-bond donors (Lipinski definition) is 0. The molecule has 15 heavy (non-hydrogen) atoms. The second kappa shape index (κ2) is 25.6. The van der Waals surface area contributed by atoms with Crippen LogP contribution in [0.25, 0.3) is 0 Å². The molecule has 0 aromatic carbocycles. The maximum atomic E-state index is 3.03. The van der Waals surface area contributed by atoms with E-state index in [-0.39, 0.29) is 0 Å². The summed E-state index contributed by atoms with van der Waals surface area (Å²) in [6.45, 7) is 20.1. The molecule has 0 aliphatic carbocycles. The normalized spacial score (nSPS) is 8.67. The van der Waals surface area contributed by atoms with Crippen molar-refractivity contribution in [1.29, 1.82) is 0 Å². The first-order valence-electron chi connectivity index (χ1n) is 4.28. The fourth-order valence-corrected chi connectivity index (χ4v) is 0. The first-order valence-corrected chi connectivity index (χ1v) is 17.5. The standard InChI is InChI=1S/3C3H9P.2BrH.Co/c3*1-4(2)3;;;/h3*1-3H3;2*1H;/q;;;;;+2/p-2. The summed E-state index contributed by atoms with van der Waals surface area (Å²) in [6.07, 6.45) is 0. The van der Waals surface area contributed by atoms with Crippen LogP contribution in [0.4, 0.5) is 0 Å². The Balaban J connectivity index is -0.0000000542. The Hall–Kier alpha value is 2.76. The average molecular weight is 447 g/mol. The number of hydrogen-bond acceptors (Lipinski definition) is 0. The maximum absolute atomic E-state index is 3.03. The van der Waals surface area contributed by atoms with Crippen molar-refractivity contribution in [3.05, 3.63) is 0 Å². The van der Waals surface area contributed by atoms with E-state index in [1.165, 1.54) is 0 Å². The van der Waals surface area contributed by atoms with Crippen LogP contribution in [0.1, 0.15) is 0 Å². The van der Waals surface area contributed by atoms with Gasteiger partial charge in [0.25, 0.3) is 0 Å². The molecule has 0 N–H and O–H groups in total. The van der Waals surface area contributed by atoms with Gasteiger partial charge >= 0.3 is 39.5 Å². The molecule has 0 aromatic rings. The average Bonchev–Trinajstić information content (AvgIpc) is 1.81. The predicted octanol–water partition coefficient (Wildman–Crippen LogP) is 5.76. The van der Waals surface area contributed by atoms with Gasteiger partial charge < -0.3 is 0 Å². The third kappa shape index (κ3) is 480. The molecule has 0 aromatic heterocycles. The molecular formula is C9H27Br2CoP3. The van der Waals surface area contributed by atoms with Crippen molar-refractivity contribution < 1.29 is 11.1 Å². The molecule has 0 atom stereocenters. The van der Waals surface area contributed by atoms with Gasteiger partial charge in [-0.25, -0.2) is 0 Å². The van der Waals surface area contributed by atoms with Gasteiger partial charge in [0.15, 0.2) is 0 Å². The minimum absolute atomic E-state index is 0.380. The summed E-state index contributed by atoms with van der Waals surface area (Å²) in [5.41, 5.74) is 0. The van der Waals surface area contributed by atoms with Crippen molar-refractivity contribution in [2.45, 2.75) is 0 Å². The van der Waals surface area contributed by atoms with Crippen LogP contribution in [0.3, 0.4) is 0 Å². The molecule has 0 saturated heterocycles. The predicted molar refractivity (Wildman–Crippen MR) is 91.9 cm³/mol. The van der Waals surface area contributed by atoms with Crippen LogP contribution in [0, 0.1) is 0 Å². The Morgan fingerprint density at radius 2 is 0.533 bits per heavy atom. The van der Waals surface area contributed by atoms with Gasteiger partial charge in [-0.1, -0.05) is 0 Å². The van der Waals surface area contributed by atoms with E-state index < -0.39 is 0 Å². The zero-order chi connectivity index (χ0) is 13.4. The zero-order valence-corrected chi connectivity index (χ0v) is 18.3. The Morgan fingerprint density at radius 1 is 0.533 bits per heavy atom. The molecule has 0 bridgehead atoms. The van der Waals surface area contributed by atoms with E-state index in [4.69, 9.17) is 0 Å². The van der Waals surface area contributed by atoms with E-state index in [0.717, 1.165) is 11.1 Å². The van der Waals surface area contributed by atoms with Gasteiger partial charge in [-0.3, -0.25) is 0 Å². The van der Waals surface area contributed by atoms with Gasteiger partial charge in [-0.15, -0.1) is 23.8 Å². The van der Waals surface area contributed by atoms with Crippen molar-refractivity contribution in [1.82, 2.24) is 0 Å². The summed E-state index contributed by atoms with van der Waals surface area (Å²) in [6, 6.07) is 0. The molecule has 0 fully saturated rings. The van der Waals surface area contributed by atoms with Crippen LogP contribution in [0.15, 0.2) is 0 Å². The Bertz CT molecular complexity index is 61.2. The van der Waals surface area contributed by atoms with E-state index in [1.54, 1.807) is 0 Å². The topological polar surface area (TPSA) is 0 Å². The molecule has 0 heterocycles. The van der Waals surface area contributed by atoms with Crippen LogP contribution in [-0.4, -0.2) is 60.0 Å². The van der Waals surface area contributed by atoms with Crippen molar-refractivity contribution >= 4 is 52.1 Å². The minimum atomic E-state index is 0.380. The SMILES string of the molecule is CP(C)C.CP(C)C.CP(C)C.[Br][Co][Br]. The van der Waals surface area contributed by atoms with Crippen molar-refractivity contribution in [3.63, 3.8) is 0 Å².